The summed E-state index contributed by atoms with van der Waals surface area (Å²) in [5.41, 5.74) is 0. The predicted octanol–water partition coefficient (Wildman–Crippen LogP) is 0.732. The highest BCUT2D eigenvalue weighted by Gasteiger charge is 1.91. The first-order valence-electron chi connectivity index (χ1n) is 3.47. The second-order valence-electron chi connectivity index (χ2n) is 2.85. The van der Waals surface area contributed by atoms with Gasteiger partial charge in [-0.3, -0.25) is 4.79 Å². The topological polar surface area (TPSA) is 37.4 Å². The van der Waals surface area contributed by atoms with Crippen LogP contribution in [0.2, 0.25) is 0 Å². The molecule has 3 nitrogen and oxygen atoms in total. The van der Waals surface area contributed by atoms with Crippen molar-refractivity contribution in [3.8, 4) is 0 Å². The molecule has 0 amide bonds. The van der Waals surface area contributed by atoms with Crippen LogP contribution >= 0.6 is 0 Å². The molecule has 0 saturated carbocycles. The summed E-state index contributed by atoms with van der Waals surface area (Å²) < 4.78 is 0. The van der Waals surface area contributed by atoms with Crippen molar-refractivity contribution in [3.63, 3.8) is 0 Å². The van der Waals surface area contributed by atoms with Gasteiger partial charge in [-0.05, 0) is 34.9 Å². The molecule has 11 heavy (non-hydrogen) atoms. The first kappa shape index (κ1) is 12.9. The molecule has 3 heteroatoms. The third-order valence-corrected chi connectivity index (χ3v) is 0.539. The average molecular weight is 159 g/mol. The molecule has 0 aliphatic heterocycles. The summed E-state index contributed by atoms with van der Waals surface area (Å²) in [7, 11) is 3.75. The number of hydrogen-bond acceptors (Lipinski definition) is 3. The highest BCUT2D eigenvalue weighted by Crippen LogP contribution is 1.72. The standard InChI is InChI=1S/C5H11NO.C3H6O/c1-5(7)4-6(2)3;1-3(2)4/h4H2,1-3H3;1-2H3. The minimum absolute atomic E-state index is 0.167. The Bertz CT molecular complexity index is 126. The van der Waals surface area contributed by atoms with Crippen LogP contribution in [0, 0.1) is 0 Å². The van der Waals surface area contributed by atoms with Gasteiger partial charge in [-0.2, -0.15) is 0 Å². The molecule has 0 aromatic carbocycles. The van der Waals surface area contributed by atoms with Gasteiger partial charge in [-0.25, -0.2) is 0 Å². The summed E-state index contributed by atoms with van der Waals surface area (Å²) in [4.78, 5) is 21.5. The summed E-state index contributed by atoms with van der Waals surface area (Å²) in [6.07, 6.45) is 0. The van der Waals surface area contributed by atoms with Gasteiger partial charge < -0.3 is 9.69 Å². The second-order valence-corrected chi connectivity index (χ2v) is 2.85. The molecular formula is C8H17NO2. The second kappa shape index (κ2) is 7.41. The van der Waals surface area contributed by atoms with Crippen molar-refractivity contribution in [3.05, 3.63) is 0 Å². The van der Waals surface area contributed by atoms with Crippen LogP contribution in [0.15, 0.2) is 0 Å². The smallest absolute Gasteiger partial charge is 0.143 e. The minimum Gasteiger partial charge on any atom is -0.302 e. The zero-order chi connectivity index (χ0) is 9.44. The van der Waals surface area contributed by atoms with Crippen molar-refractivity contribution in [1.82, 2.24) is 4.90 Å². The summed E-state index contributed by atoms with van der Waals surface area (Å²) in [6, 6.07) is 0. The van der Waals surface area contributed by atoms with Crippen molar-refractivity contribution in [1.29, 1.82) is 0 Å². The van der Waals surface area contributed by atoms with Crippen LogP contribution in [0.3, 0.4) is 0 Å². The van der Waals surface area contributed by atoms with Crippen molar-refractivity contribution < 1.29 is 9.59 Å². The van der Waals surface area contributed by atoms with Gasteiger partial charge in [0, 0.05) is 0 Å². The summed E-state index contributed by atoms with van der Waals surface area (Å²) in [6.45, 7) is 5.19. The molecule has 0 aromatic rings. The van der Waals surface area contributed by atoms with E-state index < -0.39 is 0 Å². The third-order valence-electron chi connectivity index (χ3n) is 0.539. The number of rotatable bonds is 2. The fourth-order valence-corrected chi connectivity index (χ4v) is 0.445. The van der Waals surface area contributed by atoms with Crippen LogP contribution in [0.1, 0.15) is 20.8 Å². The summed E-state index contributed by atoms with van der Waals surface area (Å²) in [5.74, 6) is 0.380. The van der Waals surface area contributed by atoms with E-state index >= 15 is 0 Å². The molecule has 0 bridgehead atoms. The molecule has 0 heterocycles. The molecule has 0 radical (unpaired) electrons. The van der Waals surface area contributed by atoms with E-state index in [4.69, 9.17) is 0 Å². The van der Waals surface area contributed by atoms with E-state index in [9.17, 15) is 9.59 Å². The average Bonchev–Trinajstić information content (AvgIpc) is 1.56. The van der Waals surface area contributed by atoms with Crippen LogP contribution in [0.5, 0.6) is 0 Å². The molecule has 66 valence electrons. The van der Waals surface area contributed by atoms with E-state index in [1.165, 1.54) is 13.8 Å². The van der Waals surface area contributed by atoms with Crippen LogP contribution in [0.4, 0.5) is 0 Å². The van der Waals surface area contributed by atoms with Gasteiger partial charge in [-0.15, -0.1) is 0 Å². The van der Waals surface area contributed by atoms with E-state index in [0.717, 1.165) is 0 Å². The lowest BCUT2D eigenvalue weighted by Crippen LogP contribution is -2.18. The monoisotopic (exact) mass is 159 g/mol. The third kappa shape index (κ3) is 45.5. The van der Waals surface area contributed by atoms with Crippen LogP contribution in [-0.2, 0) is 9.59 Å². The molecule has 0 spiro atoms. The molecule has 0 unspecified atom stereocenters. The Morgan fingerprint density at radius 3 is 1.36 bits per heavy atom. The minimum atomic E-state index is 0.167. The number of carbonyl (C=O) groups excluding carboxylic acids is 2. The van der Waals surface area contributed by atoms with Crippen LogP contribution in [0.25, 0.3) is 0 Å². The maximum Gasteiger partial charge on any atom is 0.143 e. The van der Waals surface area contributed by atoms with Gasteiger partial charge in [0.2, 0.25) is 0 Å². The van der Waals surface area contributed by atoms with E-state index in [2.05, 4.69) is 0 Å². The van der Waals surface area contributed by atoms with E-state index in [-0.39, 0.29) is 11.6 Å². The van der Waals surface area contributed by atoms with Crippen LogP contribution < -0.4 is 0 Å². The SMILES string of the molecule is CC(=O)CN(C)C.CC(C)=O. The van der Waals surface area contributed by atoms with Crippen LogP contribution in [-0.4, -0.2) is 37.1 Å². The Morgan fingerprint density at radius 2 is 1.36 bits per heavy atom. The molecule has 0 fully saturated rings. The normalized spacial score (nSPS) is 8.55. The number of carbonyl (C=O) groups is 2. The van der Waals surface area contributed by atoms with Gasteiger partial charge in [0.15, 0.2) is 0 Å². The largest absolute Gasteiger partial charge is 0.302 e. The van der Waals surface area contributed by atoms with Gasteiger partial charge in [0.05, 0.1) is 6.54 Å². The highest BCUT2D eigenvalue weighted by molar-refractivity contribution is 5.77. The molecule has 0 rings (SSSR count). The van der Waals surface area contributed by atoms with Crippen molar-refractivity contribution in [2.45, 2.75) is 20.8 Å². The lowest BCUT2D eigenvalue weighted by Gasteiger charge is -2.03. The molecule has 0 aromatic heterocycles. The Balaban J connectivity index is 0. The van der Waals surface area contributed by atoms with E-state index in [0.29, 0.717) is 6.54 Å². The van der Waals surface area contributed by atoms with Crippen molar-refractivity contribution >= 4 is 11.6 Å². The molecule has 0 N–H and O–H groups in total. The van der Waals surface area contributed by atoms with E-state index in [1.54, 1.807) is 6.92 Å². The van der Waals surface area contributed by atoms with Crippen molar-refractivity contribution in [2.24, 2.45) is 0 Å². The fraction of sp³-hybridized carbons (Fsp3) is 0.750. The molecule has 0 aliphatic carbocycles. The number of likely N-dealkylation sites (N-methyl/N-ethyl adjacent to an activating group) is 1. The first-order valence-corrected chi connectivity index (χ1v) is 3.47. The number of nitrogens with zero attached hydrogens (tertiary/aromatic N) is 1. The maximum absolute atomic E-state index is 10.2. The number of hydrogen-bond donors (Lipinski definition) is 0. The highest BCUT2D eigenvalue weighted by atomic mass is 16.1. The molecule has 0 aliphatic rings. The quantitative estimate of drug-likeness (QED) is 0.596. The van der Waals surface area contributed by atoms with E-state index in [1.807, 2.05) is 19.0 Å². The first-order chi connectivity index (χ1) is 4.86. The van der Waals surface area contributed by atoms with Crippen molar-refractivity contribution in [2.75, 3.05) is 20.6 Å². The van der Waals surface area contributed by atoms with Gasteiger partial charge in [0.1, 0.15) is 11.6 Å². The van der Waals surface area contributed by atoms with Gasteiger partial charge >= 0.3 is 0 Å². The Kier molecular flexibility index (Phi) is 8.71. The Hall–Kier alpha value is -0.700. The lowest BCUT2D eigenvalue weighted by atomic mass is 10.4. The zero-order valence-corrected chi connectivity index (χ0v) is 7.97. The fourth-order valence-electron chi connectivity index (χ4n) is 0.445. The predicted molar refractivity (Wildman–Crippen MR) is 45.6 cm³/mol. The zero-order valence-electron chi connectivity index (χ0n) is 7.97. The number of Topliss-reactive ketones (excluding diaryl/α,β-unsaturated/α-hetero) is 2. The molecular weight excluding hydrogens is 142 g/mol. The Morgan fingerprint density at radius 1 is 1.09 bits per heavy atom. The van der Waals surface area contributed by atoms with Gasteiger partial charge in [0.25, 0.3) is 0 Å². The molecule has 0 atom stereocenters. The summed E-state index contributed by atoms with van der Waals surface area (Å²) >= 11 is 0. The molecule has 0 saturated heterocycles. The number of ketones is 2. The lowest BCUT2D eigenvalue weighted by molar-refractivity contribution is -0.117. The maximum atomic E-state index is 10.2. The van der Waals surface area contributed by atoms with Gasteiger partial charge in [-0.1, -0.05) is 0 Å². The Labute approximate surface area is 68.4 Å². The summed E-state index contributed by atoms with van der Waals surface area (Å²) in [5, 5.41) is 0.